The van der Waals surface area contributed by atoms with Crippen molar-refractivity contribution in [2.45, 2.75) is 39.7 Å². The average Bonchev–Trinajstić information content (AvgIpc) is 2.42. The van der Waals surface area contributed by atoms with E-state index in [1.54, 1.807) is 0 Å². The standard InChI is InChI=1S/C15H18O11/c1-7(16)6-25-13(24)15(8(2)17,9(3)18)14(12(22)23,5-11(20)21)26-10(4)19/h5-6H2,1-4H3,(H,20,21)(H,22,23). The van der Waals surface area contributed by atoms with E-state index in [9.17, 15) is 38.7 Å². The van der Waals surface area contributed by atoms with Crippen LogP contribution in [0.25, 0.3) is 0 Å². The van der Waals surface area contributed by atoms with Gasteiger partial charge in [0.25, 0.3) is 0 Å². The summed E-state index contributed by atoms with van der Waals surface area (Å²) in [7, 11) is 0. The van der Waals surface area contributed by atoms with Gasteiger partial charge in [0.05, 0.1) is 6.42 Å². The summed E-state index contributed by atoms with van der Waals surface area (Å²) in [5.74, 6) is -10.8. The van der Waals surface area contributed by atoms with Crippen molar-refractivity contribution in [3.05, 3.63) is 0 Å². The number of esters is 2. The highest BCUT2D eigenvalue weighted by Gasteiger charge is 2.72. The van der Waals surface area contributed by atoms with Gasteiger partial charge in [-0.2, -0.15) is 0 Å². The number of aliphatic carboxylic acids is 2. The molecule has 0 bridgehead atoms. The molecule has 0 fully saturated rings. The summed E-state index contributed by atoms with van der Waals surface area (Å²) >= 11 is 0. The lowest BCUT2D eigenvalue weighted by atomic mass is 9.64. The Kier molecular flexibility index (Phi) is 7.32. The van der Waals surface area contributed by atoms with Crippen LogP contribution in [0.1, 0.15) is 34.1 Å². The smallest absolute Gasteiger partial charge is 0.351 e. The first kappa shape index (κ1) is 22.9. The number of ketones is 3. The summed E-state index contributed by atoms with van der Waals surface area (Å²) in [6, 6.07) is 0. The number of Topliss-reactive ketones (excluding diaryl/α,β-unsaturated/α-hetero) is 3. The summed E-state index contributed by atoms with van der Waals surface area (Å²) in [6.07, 6.45) is -1.59. The molecular weight excluding hydrogens is 356 g/mol. The molecule has 0 aliphatic rings. The molecule has 2 N–H and O–H groups in total. The van der Waals surface area contributed by atoms with E-state index in [0.717, 1.165) is 6.92 Å². The molecule has 26 heavy (non-hydrogen) atoms. The SMILES string of the molecule is CC(=O)COC(=O)C(C(C)=O)(C(C)=O)C(CC(=O)O)(OC(C)=O)C(=O)O. The molecule has 11 nitrogen and oxygen atoms in total. The largest absolute Gasteiger partial charge is 0.481 e. The van der Waals surface area contributed by atoms with Crippen molar-refractivity contribution in [2.24, 2.45) is 5.41 Å². The molecule has 0 aromatic heterocycles. The van der Waals surface area contributed by atoms with E-state index in [0.29, 0.717) is 20.8 Å². The summed E-state index contributed by atoms with van der Waals surface area (Å²) in [5, 5.41) is 18.6. The molecule has 0 aromatic carbocycles. The quantitative estimate of drug-likeness (QED) is 0.359. The highest BCUT2D eigenvalue weighted by molar-refractivity contribution is 6.26. The Morgan fingerprint density at radius 1 is 0.846 bits per heavy atom. The molecule has 1 atom stereocenters. The zero-order chi connectivity index (χ0) is 20.9. The number of carboxylic acids is 2. The second-order valence-electron chi connectivity index (χ2n) is 5.44. The van der Waals surface area contributed by atoms with Crippen molar-refractivity contribution in [3.8, 4) is 0 Å². The van der Waals surface area contributed by atoms with E-state index in [1.807, 2.05) is 0 Å². The van der Waals surface area contributed by atoms with E-state index in [1.165, 1.54) is 0 Å². The Morgan fingerprint density at radius 2 is 1.31 bits per heavy atom. The van der Waals surface area contributed by atoms with E-state index in [2.05, 4.69) is 9.47 Å². The molecule has 0 radical (unpaired) electrons. The molecular formula is C15H18O11. The number of hydrogen-bond acceptors (Lipinski definition) is 9. The van der Waals surface area contributed by atoms with Crippen LogP contribution in [0, 0.1) is 5.41 Å². The third kappa shape index (κ3) is 4.10. The van der Waals surface area contributed by atoms with E-state index >= 15 is 0 Å². The van der Waals surface area contributed by atoms with Crippen LogP contribution in [0.2, 0.25) is 0 Å². The maximum Gasteiger partial charge on any atom is 0.351 e. The topological polar surface area (TPSA) is 178 Å². The molecule has 0 amide bonds. The van der Waals surface area contributed by atoms with Crippen molar-refractivity contribution in [1.29, 1.82) is 0 Å². The van der Waals surface area contributed by atoms with E-state index in [-0.39, 0.29) is 0 Å². The molecule has 0 aliphatic heterocycles. The van der Waals surface area contributed by atoms with Crippen molar-refractivity contribution in [1.82, 2.24) is 0 Å². The van der Waals surface area contributed by atoms with Gasteiger partial charge >= 0.3 is 23.9 Å². The van der Waals surface area contributed by atoms with Gasteiger partial charge in [-0.15, -0.1) is 0 Å². The van der Waals surface area contributed by atoms with Gasteiger partial charge < -0.3 is 19.7 Å². The average molecular weight is 374 g/mol. The van der Waals surface area contributed by atoms with Crippen LogP contribution in [-0.2, 0) is 43.0 Å². The van der Waals surface area contributed by atoms with Gasteiger partial charge in [-0.25, -0.2) is 4.79 Å². The van der Waals surface area contributed by atoms with Crippen molar-refractivity contribution >= 4 is 41.2 Å². The summed E-state index contributed by atoms with van der Waals surface area (Å²) < 4.78 is 9.11. The van der Waals surface area contributed by atoms with Gasteiger partial charge in [0, 0.05) is 6.92 Å². The highest BCUT2D eigenvalue weighted by Crippen LogP contribution is 2.42. The number of rotatable bonds is 10. The minimum atomic E-state index is -3.41. The molecule has 0 aromatic rings. The van der Waals surface area contributed by atoms with Crippen LogP contribution in [0.5, 0.6) is 0 Å². The molecule has 0 spiro atoms. The molecule has 0 saturated heterocycles. The molecule has 144 valence electrons. The second kappa shape index (κ2) is 8.32. The van der Waals surface area contributed by atoms with Crippen LogP contribution in [-0.4, -0.2) is 63.6 Å². The summed E-state index contributed by atoms with van der Waals surface area (Å²) in [6.45, 7) is 2.07. The van der Waals surface area contributed by atoms with Crippen LogP contribution in [0.3, 0.4) is 0 Å². The number of hydrogen-bond donors (Lipinski definition) is 2. The number of carbonyl (C=O) groups is 7. The fourth-order valence-corrected chi connectivity index (χ4v) is 2.53. The summed E-state index contributed by atoms with van der Waals surface area (Å²) in [4.78, 5) is 82.5. The Bertz CT molecular complexity index is 643. The van der Waals surface area contributed by atoms with Crippen LogP contribution >= 0.6 is 0 Å². The third-order valence-corrected chi connectivity index (χ3v) is 3.44. The van der Waals surface area contributed by atoms with Gasteiger partial charge in [-0.05, 0) is 20.8 Å². The first-order chi connectivity index (χ1) is 11.8. The zero-order valence-electron chi connectivity index (χ0n) is 14.5. The maximum absolute atomic E-state index is 12.5. The van der Waals surface area contributed by atoms with E-state index in [4.69, 9.17) is 5.11 Å². The highest BCUT2D eigenvalue weighted by atomic mass is 16.6. The monoisotopic (exact) mass is 374 g/mol. The van der Waals surface area contributed by atoms with Gasteiger partial charge in [0.1, 0.15) is 6.61 Å². The van der Waals surface area contributed by atoms with E-state index < -0.39 is 65.3 Å². The lowest BCUT2D eigenvalue weighted by Crippen LogP contribution is -2.68. The zero-order valence-corrected chi connectivity index (χ0v) is 14.5. The minimum Gasteiger partial charge on any atom is -0.481 e. The second-order valence-corrected chi connectivity index (χ2v) is 5.44. The van der Waals surface area contributed by atoms with Gasteiger partial charge in [0.2, 0.25) is 11.0 Å². The van der Waals surface area contributed by atoms with Crippen LogP contribution < -0.4 is 0 Å². The van der Waals surface area contributed by atoms with Crippen molar-refractivity contribution < 1.29 is 53.2 Å². The molecule has 0 saturated carbocycles. The van der Waals surface area contributed by atoms with Gasteiger partial charge in [0.15, 0.2) is 17.3 Å². The lowest BCUT2D eigenvalue weighted by Gasteiger charge is -2.40. The molecule has 0 aliphatic carbocycles. The lowest BCUT2D eigenvalue weighted by molar-refractivity contribution is -0.207. The Morgan fingerprint density at radius 3 is 1.58 bits per heavy atom. The van der Waals surface area contributed by atoms with Crippen molar-refractivity contribution in [3.63, 3.8) is 0 Å². The fourth-order valence-electron chi connectivity index (χ4n) is 2.53. The first-order valence-electron chi connectivity index (χ1n) is 7.09. The van der Waals surface area contributed by atoms with Crippen molar-refractivity contribution in [2.75, 3.05) is 6.61 Å². The fraction of sp³-hybridized carbons (Fsp3) is 0.533. The molecule has 1 unspecified atom stereocenters. The minimum absolute atomic E-state index is 0.638. The van der Waals surface area contributed by atoms with Crippen LogP contribution in [0.4, 0.5) is 0 Å². The summed E-state index contributed by atoms with van der Waals surface area (Å²) in [5.41, 5.74) is -6.73. The normalized spacial score (nSPS) is 13.1. The predicted molar refractivity (Wildman–Crippen MR) is 79.8 cm³/mol. The van der Waals surface area contributed by atoms with Gasteiger partial charge in [-0.1, -0.05) is 0 Å². The molecule has 0 rings (SSSR count). The molecule has 0 heterocycles. The number of carboxylic acid groups (broad SMARTS) is 2. The first-order valence-corrected chi connectivity index (χ1v) is 7.09. The Balaban J connectivity index is 6.93. The van der Waals surface area contributed by atoms with Crippen LogP contribution in [0.15, 0.2) is 0 Å². The maximum atomic E-state index is 12.5. The predicted octanol–water partition coefficient (Wildman–Crippen LogP) is -0.856. The van der Waals surface area contributed by atoms with Gasteiger partial charge in [-0.3, -0.25) is 28.8 Å². The Hall–Kier alpha value is -3.11. The number of ether oxygens (including phenoxy) is 2. The Labute approximate surface area is 147 Å². The third-order valence-electron chi connectivity index (χ3n) is 3.44. The number of carbonyl (C=O) groups excluding carboxylic acids is 5. The molecule has 11 heteroatoms.